The molecular formula is C19H27F3N4O2. The van der Waals surface area contributed by atoms with Gasteiger partial charge in [0.2, 0.25) is 0 Å². The highest BCUT2D eigenvalue weighted by atomic mass is 19.4. The van der Waals surface area contributed by atoms with E-state index in [0.717, 1.165) is 25.5 Å². The van der Waals surface area contributed by atoms with Gasteiger partial charge in [0.1, 0.15) is 5.60 Å². The highest BCUT2D eigenvalue weighted by molar-refractivity contribution is 5.68. The Hall–Kier alpha value is -2.06. The number of ether oxygens (including phenoxy) is 1. The monoisotopic (exact) mass is 400 g/mol. The van der Waals surface area contributed by atoms with E-state index in [1.54, 1.807) is 11.8 Å². The summed E-state index contributed by atoms with van der Waals surface area (Å²) in [6, 6.07) is 0. The molecule has 0 bridgehead atoms. The van der Waals surface area contributed by atoms with Crippen molar-refractivity contribution in [2.75, 3.05) is 31.1 Å². The molecule has 3 rings (SSSR count). The largest absolute Gasteiger partial charge is 0.444 e. The molecule has 0 saturated carbocycles. The molecule has 1 amide bonds. The molecule has 156 valence electrons. The number of carbonyl (C=O) groups excluding carboxylic acids is 1. The van der Waals surface area contributed by atoms with E-state index in [1.807, 2.05) is 25.7 Å². The summed E-state index contributed by atoms with van der Waals surface area (Å²) in [6.45, 7) is 9.65. The van der Waals surface area contributed by atoms with Gasteiger partial charge in [-0.3, -0.25) is 4.98 Å². The van der Waals surface area contributed by atoms with Crippen LogP contribution in [-0.4, -0.2) is 52.7 Å². The summed E-state index contributed by atoms with van der Waals surface area (Å²) in [5, 5.41) is 0. The number of anilines is 1. The normalized spacial score (nSPS) is 20.0. The summed E-state index contributed by atoms with van der Waals surface area (Å²) in [4.78, 5) is 23.6. The topological polar surface area (TPSA) is 58.6 Å². The molecular weight excluding hydrogens is 373 g/mol. The van der Waals surface area contributed by atoms with Crippen molar-refractivity contribution in [3.63, 3.8) is 0 Å². The molecule has 0 N–H and O–H groups in total. The number of hydrogen-bond donors (Lipinski definition) is 0. The molecule has 0 unspecified atom stereocenters. The first-order chi connectivity index (χ1) is 12.9. The summed E-state index contributed by atoms with van der Waals surface area (Å²) in [5.74, 6) is 0.307. The highest BCUT2D eigenvalue weighted by Gasteiger charge is 2.43. The maximum atomic E-state index is 13.0. The number of aryl methyl sites for hydroxylation is 1. The lowest BCUT2D eigenvalue weighted by Crippen LogP contribution is -2.46. The molecule has 0 aliphatic carbocycles. The standard InChI is InChI=1S/C19H27F3N4O2/c1-13-15(24-14(11-23-13)19(20,21)22)26-10-7-18(12-26)5-8-25(9-6-18)16(27)28-17(2,3)4/h11H,5-10,12H2,1-4H3. The first kappa shape index (κ1) is 20.7. The zero-order valence-electron chi connectivity index (χ0n) is 16.8. The maximum Gasteiger partial charge on any atom is 0.434 e. The van der Waals surface area contributed by atoms with E-state index in [0.29, 0.717) is 37.7 Å². The number of amides is 1. The van der Waals surface area contributed by atoms with Crippen molar-refractivity contribution in [2.45, 2.75) is 58.7 Å². The van der Waals surface area contributed by atoms with Crippen LogP contribution in [0.5, 0.6) is 0 Å². The molecule has 9 heteroatoms. The van der Waals surface area contributed by atoms with Gasteiger partial charge in [0.25, 0.3) is 0 Å². The molecule has 2 fully saturated rings. The lowest BCUT2D eigenvalue weighted by atomic mass is 9.78. The third-order valence-electron chi connectivity index (χ3n) is 5.43. The van der Waals surface area contributed by atoms with Crippen LogP contribution in [0.25, 0.3) is 0 Å². The number of carbonyl (C=O) groups is 1. The molecule has 3 heterocycles. The van der Waals surface area contributed by atoms with Crippen molar-refractivity contribution >= 4 is 11.9 Å². The lowest BCUT2D eigenvalue weighted by Gasteiger charge is -2.39. The van der Waals surface area contributed by atoms with Gasteiger partial charge < -0.3 is 14.5 Å². The second-order valence-electron chi connectivity index (χ2n) is 8.80. The molecule has 2 aliphatic rings. The van der Waals surface area contributed by atoms with E-state index in [9.17, 15) is 18.0 Å². The molecule has 1 aromatic rings. The van der Waals surface area contributed by atoms with Crippen LogP contribution in [0.4, 0.5) is 23.8 Å². The summed E-state index contributed by atoms with van der Waals surface area (Å²) in [6.07, 6.45) is -1.57. The Morgan fingerprint density at radius 3 is 2.32 bits per heavy atom. The van der Waals surface area contributed by atoms with E-state index in [-0.39, 0.29) is 11.5 Å². The van der Waals surface area contributed by atoms with Crippen LogP contribution in [0.1, 0.15) is 51.4 Å². The second-order valence-corrected chi connectivity index (χ2v) is 8.80. The van der Waals surface area contributed by atoms with Crippen molar-refractivity contribution in [3.05, 3.63) is 17.6 Å². The SMILES string of the molecule is Cc1ncc(C(F)(F)F)nc1N1CCC2(CCN(C(=O)OC(C)(C)C)CC2)C1. The number of aromatic nitrogens is 2. The van der Waals surface area contributed by atoms with Crippen molar-refractivity contribution in [1.82, 2.24) is 14.9 Å². The first-order valence-corrected chi connectivity index (χ1v) is 9.52. The minimum atomic E-state index is -4.51. The molecule has 2 saturated heterocycles. The number of piperidine rings is 1. The molecule has 6 nitrogen and oxygen atoms in total. The van der Waals surface area contributed by atoms with Gasteiger partial charge in [-0.2, -0.15) is 13.2 Å². The highest BCUT2D eigenvalue weighted by Crippen LogP contribution is 2.42. The van der Waals surface area contributed by atoms with Gasteiger partial charge >= 0.3 is 12.3 Å². The Kier molecular flexibility index (Phi) is 5.22. The smallest absolute Gasteiger partial charge is 0.434 e. The minimum Gasteiger partial charge on any atom is -0.444 e. The van der Waals surface area contributed by atoms with Crippen LogP contribution < -0.4 is 4.90 Å². The molecule has 0 radical (unpaired) electrons. The van der Waals surface area contributed by atoms with Crippen molar-refractivity contribution < 1.29 is 22.7 Å². The van der Waals surface area contributed by atoms with Crippen LogP contribution in [0, 0.1) is 12.3 Å². The number of alkyl halides is 3. The van der Waals surface area contributed by atoms with Crippen LogP contribution in [-0.2, 0) is 10.9 Å². The molecule has 1 spiro atoms. The number of hydrogen-bond acceptors (Lipinski definition) is 5. The van der Waals surface area contributed by atoms with E-state index in [4.69, 9.17) is 4.74 Å². The number of likely N-dealkylation sites (tertiary alicyclic amines) is 1. The Balaban J connectivity index is 1.66. The van der Waals surface area contributed by atoms with Crippen molar-refractivity contribution in [1.29, 1.82) is 0 Å². The quantitative estimate of drug-likeness (QED) is 0.712. The lowest BCUT2D eigenvalue weighted by molar-refractivity contribution is -0.141. The first-order valence-electron chi connectivity index (χ1n) is 9.52. The molecule has 0 atom stereocenters. The van der Waals surface area contributed by atoms with E-state index in [2.05, 4.69) is 9.97 Å². The predicted octanol–water partition coefficient (Wildman–Crippen LogP) is 4.03. The van der Waals surface area contributed by atoms with E-state index in [1.165, 1.54) is 0 Å². The Bertz CT molecular complexity index is 738. The van der Waals surface area contributed by atoms with E-state index >= 15 is 0 Å². The Morgan fingerprint density at radius 2 is 1.75 bits per heavy atom. The summed E-state index contributed by atoms with van der Waals surface area (Å²) >= 11 is 0. The van der Waals surface area contributed by atoms with Crippen molar-refractivity contribution in [2.24, 2.45) is 5.41 Å². The fraction of sp³-hybridized carbons (Fsp3) is 0.737. The van der Waals surface area contributed by atoms with Gasteiger partial charge in [-0.15, -0.1) is 0 Å². The number of rotatable bonds is 1. The summed E-state index contributed by atoms with van der Waals surface area (Å²) < 4.78 is 44.4. The van der Waals surface area contributed by atoms with Crippen LogP contribution in [0.2, 0.25) is 0 Å². The average molecular weight is 400 g/mol. The molecule has 2 aliphatic heterocycles. The fourth-order valence-electron chi connectivity index (χ4n) is 3.89. The van der Waals surface area contributed by atoms with Gasteiger partial charge in [0.05, 0.1) is 11.9 Å². The fourth-order valence-corrected chi connectivity index (χ4v) is 3.89. The number of nitrogens with zero attached hydrogens (tertiary/aromatic N) is 4. The Morgan fingerprint density at radius 1 is 1.14 bits per heavy atom. The van der Waals surface area contributed by atoms with Gasteiger partial charge in [0.15, 0.2) is 11.5 Å². The zero-order chi connectivity index (χ0) is 20.7. The van der Waals surface area contributed by atoms with Crippen molar-refractivity contribution in [3.8, 4) is 0 Å². The third-order valence-corrected chi connectivity index (χ3v) is 5.43. The van der Waals surface area contributed by atoms with Crippen LogP contribution in [0.3, 0.4) is 0 Å². The Labute approximate surface area is 163 Å². The van der Waals surface area contributed by atoms with Crippen LogP contribution >= 0.6 is 0 Å². The van der Waals surface area contributed by atoms with Gasteiger partial charge in [-0.25, -0.2) is 9.78 Å². The zero-order valence-corrected chi connectivity index (χ0v) is 16.8. The van der Waals surface area contributed by atoms with Gasteiger partial charge in [-0.05, 0) is 52.4 Å². The van der Waals surface area contributed by atoms with Gasteiger partial charge in [-0.1, -0.05) is 0 Å². The molecule has 28 heavy (non-hydrogen) atoms. The summed E-state index contributed by atoms with van der Waals surface area (Å²) in [7, 11) is 0. The summed E-state index contributed by atoms with van der Waals surface area (Å²) in [5.41, 5.74) is -1.01. The van der Waals surface area contributed by atoms with Gasteiger partial charge in [0, 0.05) is 26.2 Å². The number of halogens is 3. The maximum absolute atomic E-state index is 13.0. The minimum absolute atomic E-state index is 0.0130. The van der Waals surface area contributed by atoms with Crippen LogP contribution in [0.15, 0.2) is 6.20 Å². The average Bonchev–Trinajstić information content (AvgIpc) is 2.96. The molecule has 1 aromatic heterocycles. The predicted molar refractivity (Wildman–Crippen MR) is 98.1 cm³/mol. The second kappa shape index (κ2) is 7.08. The third kappa shape index (κ3) is 4.50. The van der Waals surface area contributed by atoms with E-state index < -0.39 is 17.5 Å². The molecule has 0 aromatic carbocycles.